The van der Waals surface area contributed by atoms with Gasteiger partial charge in [0.15, 0.2) is 5.70 Å². The Morgan fingerprint density at radius 1 is 1.13 bits per heavy atom. The van der Waals surface area contributed by atoms with Crippen LogP contribution in [-0.4, -0.2) is 28.7 Å². The highest BCUT2D eigenvalue weighted by atomic mass is 19.2. The van der Waals surface area contributed by atoms with E-state index in [9.17, 15) is 0 Å². The number of rotatable bonds is 7. The van der Waals surface area contributed by atoms with Gasteiger partial charge in [-0.25, -0.2) is 0 Å². The molecule has 1 aromatic heterocycles. The van der Waals surface area contributed by atoms with Crippen molar-refractivity contribution in [3.8, 4) is 0 Å². The number of unbranched alkanes of at least 4 members (excludes halogenated alkanes) is 1. The molecule has 0 saturated carbocycles. The molecule has 0 radical (unpaired) electrons. The standard InChI is InChI=1S/C24H28BF2N3/c1-3-4-6-19-8-10-20(11-9-19)12-13-21-17-18(2)24-22(14-15-28)23-7-5-16-29(23)25(26,27)30(21)24/h5,7-13,16-17H,3-4,6,14-15,28H2,1-2H3/b13-12+. The molecule has 30 heavy (non-hydrogen) atoms. The van der Waals surface area contributed by atoms with Gasteiger partial charge in [0.1, 0.15) is 6.21 Å². The molecule has 2 aliphatic heterocycles. The Hall–Kier alpha value is -2.73. The summed E-state index contributed by atoms with van der Waals surface area (Å²) in [7, 11) is 0. The minimum atomic E-state index is -3.96. The van der Waals surface area contributed by atoms with E-state index in [1.165, 1.54) is 29.1 Å². The van der Waals surface area contributed by atoms with E-state index in [0.29, 0.717) is 30.1 Å². The zero-order chi connectivity index (χ0) is 21.3. The monoisotopic (exact) mass is 407 g/mol. The number of allylic oxidation sites excluding steroid dienone is 2. The molecule has 2 aromatic rings. The lowest BCUT2D eigenvalue weighted by Gasteiger charge is -2.32. The topological polar surface area (TPSA) is 34.0 Å². The van der Waals surface area contributed by atoms with E-state index in [1.807, 2.05) is 31.2 Å². The van der Waals surface area contributed by atoms with Crippen LogP contribution in [0.25, 0.3) is 17.7 Å². The highest BCUT2D eigenvalue weighted by molar-refractivity contribution is 6.58. The maximum absolute atomic E-state index is 15.5. The lowest BCUT2D eigenvalue weighted by Crippen LogP contribution is -2.50. The minimum absolute atomic E-state index is 0.416. The molecule has 4 rings (SSSR count). The van der Waals surface area contributed by atoms with Gasteiger partial charge in [-0.2, -0.15) is 0 Å². The molecule has 1 aromatic carbocycles. The third-order valence-corrected chi connectivity index (χ3v) is 5.92. The number of benzene rings is 1. The first kappa shape index (κ1) is 20.5. The fraction of sp³-hybridized carbons (Fsp3) is 0.292. The number of aryl methyl sites for hydroxylation is 2. The van der Waals surface area contributed by atoms with Crippen molar-refractivity contribution < 1.29 is 13.1 Å². The Morgan fingerprint density at radius 3 is 2.60 bits per heavy atom. The summed E-state index contributed by atoms with van der Waals surface area (Å²) in [5.41, 5.74) is 11.5. The first-order valence-electron chi connectivity index (χ1n) is 10.7. The van der Waals surface area contributed by atoms with Gasteiger partial charge in [-0.15, -0.1) is 0 Å². The van der Waals surface area contributed by atoms with Gasteiger partial charge < -0.3 is 23.3 Å². The van der Waals surface area contributed by atoms with Gasteiger partial charge in [0, 0.05) is 29.1 Å². The molecule has 156 valence electrons. The van der Waals surface area contributed by atoms with Crippen LogP contribution in [0.15, 0.2) is 48.2 Å². The van der Waals surface area contributed by atoms with E-state index in [-0.39, 0.29) is 0 Å². The van der Waals surface area contributed by atoms with E-state index in [0.717, 1.165) is 27.6 Å². The minimum Gasteiger partial charge on any atom is -0.390 e. The molecule has 0 unspecified atom stereocenters. The molecular formula is C24H28BF2N3. The van der Waals surface area contributed by atoms with Crippen LogP contribution in [0.2, 0.25) is 0 Å². The third kappa shape index (κ3) is 3.50. The van der Waals surface area contributed by atoms with Crippen molar-refractivity contribution >= 4 is 30.9 Å². The predicted octanol–water partition coefficient (Wildman–Crippen LogP) is 5.26. The lowest BCUT2D eigenvalue weighted by molar-refractivity contribution is -0.356. The molecule has 0 fully saturated rings. The zero-order valence-electron chi connectivity index (χ0n) is 17.6. The van der Waals surface area contributed by atoms with Gasteiger partial charge in [-0.1, -0.05) is 43.7 Å². The molecule has 2 aliphatic rings. The van der Waals surface area contributed by atoms with Crippen LogP contribution in [-0.2, 0) is 6.42 Å². The summed E-state index contributed by atoms with van der Waals surface area (Å²) in [5, 5.41) is 0. The van der Waals surface area contributed by atoms with E-state index in [2.05, 4.69) is 19.1 Å². The summed E-state index contributed by atoms with van der Waals surface area (Å²) < 4.78 is 33.4. The molecule has 0 spiro atoms. The van der Waals surface area contributed by atoms with Gasteiger partial charge in [0.2, 0.25) is 0 Å². The highest BCUT2D eigenvalue weighted by Gasteiger charge is 2.52. The maximum atomic E-state index is 15.5. The number of halogens is 2. The van der Waals surface area contributed by atoms with Crippen LogP contribution in [0.5, 0.6) is 0 Å². The van der Waals surface area contributed by atoms with Crippen molar-refractivity contribution in [1.82, 2.24) is 4.48 Å². The van der Waals surface area contributed by atoms with Crippen molar-refractivity contribution in [2.45, 2.75) is 39.5 Å². The summed E-state index contributed by atoms with van der Waals surface area (Å²) in [6.45, 7) is 0.535. The molecule has 3 heterocycles. The molecule has 0 aliphatic carbocycles. The van der Waals surface area contributed by atoms with Crippen LogP contribution in [0.1, 0.15) is 54.3 Å². The Balaban J connectivity index is 1.72. The summed E-state index contributed by atoms with van der Waals surface area (Å²) >= 11 is 0. The van der Waals surface area contributed by atoms with Gasteiger partial charge in [0.05, 0.1) is 0 Å². The van der Waals surface area contributed by atoms with Crippen LogP contribution in [0, 0.1) is 6.92 Å². The van der Waals surface area contributed by atoms with Crippen LogP contribution < -0.4 is 5.73 Å². The quantitative estimate of drug-likeness (QED) is 0.625. The Labute approximate surface area is 177 Å². The van der Waals surface area contributed by atoms with Gasteiger partial charge >= 0.3 is 6.97 Å². The fourth-order valence-corrected chi connectivity index (χ4v) is 4.44. The van der Waals surface area contributed by atoms with Crippen molar-refractivity contribution in [2.24, 2.45) is 5.73 Å². The molecule has 0 bridgehead atoms. The number of nitrogens with two attached hydrogens (primary N) is 1. The summed E-state index contributed by atoms with van der Waals surface area (Å²) in [6, 6.07) is 10.2. The van der Waals surface area contributed by atoms with Crippen molar-refractivity contribution in [3.05, 3.63) is 76.3 Å². The number of fused-ring (bicyclic) bond motifs is 2. The normalized spacial score (nSPS) is 16.9. The summed E-state index contributed by atoms with van der Waals surface area (Å²) in [4.78, 5) is 0. The van der Waals surface area contributed by atoms with Crippen LogP contribution in [0.4, 0.5) is 8.63 Å². The number of aromatic nitrogens is 1. The summed E-state index contributed by atoms with van der Waals surface area (Å²) in [5.74, 6) is 0. The van der Waals surface area contributed by atoms with E-state index < -0.39 is 6.97 Å². The van der Waals surface area contributed by atoms with Gasteiger partial charge in [0.25, 0.3) is 0 Å². The Kier molecular flexibility index (Phi) is 5.61. The molecular weight excluding hydrogens is 379 g/mol. The first-order valence-corrected chi connectivity index (χ1v) is 10.7. The largest absolute Gasteiger partial charge is 0.737 e. The van der Waals surface area contributed by atoms with Gasteiger partial charge in [-0.3, -0.25) is 0 Å². The second-order valence-electron chi connectivity index (χ2n) is 8.06. The van der Waals surface area contributed by atoms with Crippen molar-refractivity contribution in [3.63, 3.8) is 0 Å². The number of nitrogens with zero attached hydrogens (tertiary/aromatic N) is 2. The zero-order valence-corrected chi connectivity index (χ0v) is 17.6. The van der Waals surface area contributed by atoms with E-state index in [1.54, 1.807) is 18.2 Å². The molecule has 0 atom stereocenters. The maximum Gasteiger partial charge on any atom is 0.737 e. The third-order valence-electron chi connectivity index (χ3n) is 5.92. The Morgan fingerprint density at radius 2 is 1.90 bits per heavy atom. The predicted molar refractivity (Wildman–Crippen MR) is 123 cm³/mol. The van der Waals surface area contributed by atoms with E-state index >= 15 is 8.63 Å². The number of hydrogen-bond acceptors (Lipinski definition) is 1. The Bertz CT molecular complexity index is 1070. The van der Waals surface area contributed by atoms with E-state index in [4.69, 9.17) is 5.73 Å². The molecule has 3 nitrogen and oxygen atoms in total. The van der Waals surface area contributed by atoms with Gasteiger partial charge in [-0.05, 0) is 61.6 Å². The van der Waals surface area contributed by atoms with Crippen LogP contribution >= 0.6 is 0 Å². The van der Waals surface area contributed by atoms with Crippen molar-refractivity contribution in [2.75, 3.05) is 6.54 Å². The van der Waals surface area contributed by atoms with Crippen molar-refractivity contribution in [1.29, 1.82) is 0 Å². The molecule has 2 N–H and O–H groups in total. The fourth-order valence-electron chi connectivity index (χ4n) is 4.44. The number of hydrogen-bond donors (Lipinski definition) is 1. The lowest BCUT2D eigenvalue weighted by atomic mass is 9.86. The highest BCUT2D eigenvalue weighted by Crippen LogP contribution is 2.40. The SMILES string of the molecule is CCCCc1ccc(/C=C/c2cc(C)c3n2[B-](F)(F)[N+]2=CC=CC2=C3CCN)cc1. The second kappa shape index (κ2) is 8.19. The molecule has 6 heteroatoms. The average molecular weight is 407 g/mol. The summed E-state index contributed by atoms with van der Waals surface area (Å²) in [6.07, 6.45) is 12.6. The van der Waals surface area contributed by atoms with Crippen LogP contribution in [0.3, 0.4) is 0 Å². The smallest absolute Gasteiger partial charge is 0.390 e. The molecule has 0 amide bonds. The average Bonchev–Trinajstić information content (AvgIpc) is 3.35. The second-order valence-corrected chi connectivity index (χ2v) is 8.06. The molecule has 0 saturated heterocycles. The first-order chi connectivity index (χ1) is 14.5.